The van der Waals surface area contributed by atoms with E-state index in [0.29, 0.717) is 0 Å². The predicted molar refractivity (Wildman–Crippen MR) is 39.8 cm³/mol. The molecule has 0 bridgehead atoms. The maximum atomic E-state index is 12.1. The Labute approximate surface area is 78.0 Å². The van der Waals surface area contributed by atoms with Gasteiger partial charge in [0.25, 0.3) is 0 Å². The topological polar surface area (TPSA) is 58.6 Å². The van der Waals surface area contributed by atoms with Gasteiger partial charge in [-0.1, -0.05) is 0 Å². The number of alkyl halides is 3. The molecule has 3 atom stereocenters. The number of carboxylic acids is 1. The number of rotatable bonds is 1. The van der Waals surface area contributed by atoms with Crippen LogP contribution in [0.3, 0.4) is 0 Å². The summed E-state index contributed by atoms with van der Waals surface area (Å²) < 4.78 is 40.9. The molecule has 0 radical (unpaired) electrons. The highest BCUT2D eigenvalue weighted by Gasteiger charge is 2.46. The molecule has 82 valence electrons. The monoisotopic (exact) mass is 213 g/mol. The number of hydrogen-bond acceptors (Lipinski definition) is 3. The van der Waals surface area contributed by atoms with Crippen LogP contribution in [-0.2, 0) is 9.53 Å². The second-order valence-electron chi connectivity index (χ2n) is 3.10. The second kappa shape index (κ2) is 3.74. The molecule has 1 fully saturated rings. The van der Waals surface area contributed by atoms with Crippen LogP contribution in [0, 0.1) is 0 Å². The van der Waals surface area contributed by atoms with E-state index in [9.17, 15) is 18.0 Å². The summed E-state index contributed by atoms with van der Waals surface area (Å²) >= 11 is 0. The van der Waals surface area contributed by atoms with Gasteiger partial charge in [0.1, 0.15) is 6.04 Å². The number of morpholine rings is 1. The van der Waals surface area contributed by atoms with E-state index < -0.39 is 36.9 Å². The fourth-order valence-electron chi connectivity index (χ4n) is 1.27. The van der Waals surface area contributed by atoms with E-state index >= 15 is 0 Å². The van der Waals surface area contributed by atoms with Gasteiger partial charge in [0.05, 0.1) is 6.10 Å². The molecule has 14 heavy (non-hydrogen) atoms. The SMILES string of the molecule is CC1OC(C(F)(F)F)CNC1C(=O)O. The first-order chi connectivity index (χ1) is 6.32. The van der Waals surface area contributed by atoms with Crippen molar-refractivity contribution in [3.63, 3.8) is 0 Å². The molecule has 7 heteroatoms. The highest BCUT2D eigenvalue weighted by Crippen LogP contribution is 2.26. The van der Waals surface area contributed by atoms with Crippen molar-refractivity contribution in [1.29, 1.82) is 0 Å². The van der Waals surface area contributed by atoms with Crippen LogP contribution >= 0.6 is 0 Å². The standard InChI is InChI=1S/C7H10F3NO3/c1-3-5(6(12)13)11-2-4(14-3)7(8,9)10/h3-5,11H,2H2,1H3,(H,12,13). The van der Waals surface area contributed by atoms with Crippen molar-refractivity contribution < 1.29 is 27.8 Å². The normalized spacial score (nSPS) is 34.1. The summed E-state index contributed by atoms with van der Waals surface area (Å²) in [6.45, 7) is 0.772. The van der Waals surface area contributed by atoms with Gasteiger partial charge < -0.3 is 9.84 Å². The molecule has 0 aromatic heterocycles. The highest BCUT2D eigenvalue weighted by atomic mass is 19.4. The Bertz CT molecular complexity index is 231. The molecule has 0 spiro atoms. The Kier molecular flexibility index (Phi) is 3.01. The minimum absolute atomic E-state index is 0.523. The molecule has 2 N–H and O–H groups in total. The molecule has 1 aliphatic heterocycles. The Morgan fingerprint density at radius 3 is 2.50 bits per heavy atom. The van der Waals surface area contributed by atoms with Gasteiger partial charge in [0.15, 0.2) is 6.10 Å². The molecule has 4 nitrogen and oxygen atoms in total. The zero-order valence-corrected chi connectivity index (χ0v) is 7.34. The van der Waals surface area contributed by atoms with Crippen LogP contribution in [0.15, 0.2) is 0 Å². The lowest BCUT2D eigenvalue weighted by Gasteiger charge is -2.34. The van der Waals surface area contributed by atoms with E-state index in [1.165, 1.54) is 6.92 Å². The van der Waals surface area contributed by atoms with Gasteiger partial charge in [0.2, 0.25) is 0 Å². The number of nitrogens with one attached hydrogen (secondary N) is 1. The third-order valence-corrected chi connectivity index (χ3v) is 2.00. The van der Waals surface area contributed by atoms with E-state index in [1.807, 2.05) is 0 Å². The summed E-state index contributed by atoms with van der Waals surface area (Å²) in [5.74, 6) is -1.21. The smallest absolute Gasteiger partial charge is 0.415 e. The molecule has 1 rings (SSSR count). The van der Waals surface area contributed by atoms with Gasteiger partial charge in [-0.2, -0.15) is 13.2 Å². The van der Waals surface area contributed by atoms with Crippen molar-refractivity contribution in [2.45, 2.75) is 31.3 Å². The number of carbonyl (C=O) groups is 1. The third-order valence-electron chi connectivity index (χ3n) is 2.00. The molecule has 1 saturated heterocycles. The molecule has 0 saturated carbocycles. The van der Waals surface area contributed by atoms with Gasteiger partial charge in [0, 0.05) is 6.54 Å². The lowest BCUT2D eigenvalue weighted by molar-refractivity contribution is -0.243. The Balaban J connectivity index is 2.60. The van der Waals surface area contributed by atoms with Gasteiger partial charge in [-0.3, -0.25) is 10.1 Å². The third kappa shape index (κ3) is 2.36. The number of hydrogen-bond donors (Lipinski definition) is 2. The largest absolute Gasteiger partial charge is 0.480 e. The predicted octanol–water partition coefficient (Wildman–Crippen LogP) is 0.379. The van der Waals surface area contributed by atoms with E-state index in [2.05, 4.69) is 10.1 Å². The zero-order valence-electron chi connectivity index (χ0n) is 7.34. The average Bonchev–Trinajstić information content (AvgIpc) is 2.01. The van der Waals surface area contributed by atoms with Crippen molar-refractivity contribution in [1.82, 2.24) is 5.32 Å². The number of halogens is 3. The summed E-state index contributed by atoms with van der Waals surface area (Å²) in [6.07, 6.45) is -7.37. The van der Waals surface area contributed by atoms with Crippen LogP contribution in [0.2, 0.25) is 0 Å². The lowest BCUT2D eigenvalue weighted by Crippen LogP contribution is -2.58. The molecule has 0 aliphatic carbocycles. The van der Waals surface area contributed by atoms with Crippen molar-refractivity contribution in [3.05, 3.63) is 0 Å². The summed E-state index contributed by atoms with van der Waals surface area (Å²) in [4.78, 5) is 10.5. The van der Waals surface area contributed by atoms with Gasteiger partial charge in [-0.05, 0) is 6.92 Å². The molecule has 1 heterocycles. The van der Waals surface area contributed by atoms with E-state index in [0.717, 1.165) is 0 Å². The van der Waals surface area contributed by atoms with Crippen molar-refractivity contribution >= 4 is 5.97 Å². The van der Waals surface area contributed by atoms with E-state index in [4.69, 9.17) is 5.11 Å². The fraction of sp³-hybridized carbons (Fsp3) is 0.857. The number of carboxylic acid groups (broad SMARTS) is 1. The van der Waals surface area contributed by atoms with Crippen LogP contribution in [0.5, 0.6) is 0 Å². The molecular formula is C7H10F3NO3. The van der Waals surface area contributed by atoms with Gasteiger partial charge in [-0.15, -0.1) is 0 Å². The zero-order chi connectivity index (χ0) is 10.9. The molecule has 1 aliphatic rings. The summed E-state index contributed by atoms with van der Waals surface area (Å²) in [7, 11) is 0. The summed E-state index contributed by atoms with van der Waals surface area (Å²) in [5.41, 5.74) is 0. The van der Waals surface area contributed by atoms with Gasteiger partial charge in [-0.25, -0.2) is 0 Å². The summed E-state index contributed by atoms with van der Waals surface area (Å²) in [5, 5.41) is 10.9. The minimum atomic E-state index is -4.45. The molecule has 0 amide bonds. The van der Waals surface area contributed by atoms with Crippen molar-refractivity contribution in [2.75, 3.05) is 6.54 Å². The Morgan fingerprint density at radius 2 is 2.14 bits per heavy atom. The van der Waals surface area contributed by atoms with Crippen LogP contribution in [0.4, 0.5) is 13.2 Å². The fourth-order valence-corrected chi connectivity index (χ4v) is 1.27. The minimum Gasteiger partial charge on any atom is -0.480 e. The first-order valence-electron chi connectivity index (χ1n) is 4.00. The molecule has 3 unspecified atom stereocenters. The van der Waals surface area contributed by atoms with Crippen LogP contribution in [0.25, 0.3) is 0 Å². The quantitative estimate of drug-likeness (QED) is 0.661. The molecule has 0 aromatic carbocycles. The summed E-state index contributed by atoms with van der Waals surface area (Å²) in [6, 6.07) is -1.08. The second-order valence-corrected chi connectivity index (χ2v) is 3.10. The average molecular weight is 213 g/mol. The highest BCUT2D eigenvalue weighted by molar-refractivity contribution is 5.74. The Hall–Kier alpha value is -0.820. The number of ether oxygens (including phenoxy) is 1. The maximum Gasteiger partial charge on any atom is 0.415 e. The van der Waals surface area contributed by atoms with Crippen LogP contribution in [0.1, 0.15) is 6.92 Å². The van der Waals surface area contributed by atoms with E-state index in [1.54, 1.807) is 0 Å². The van der Waals surface area contributed by atoms with Crippen molar-refractivity contribution in [3.8, 4) is 0 Å². The van der Waals surface area contributed by atoms with Crippen molar-refractivity contribution in [2.24, 2.45) is 0 Å². The molecule has 0 aromatic rings. The first kappa shape index (κ1) is 11.3. The van der Waals surface area contributed by atoms with Crippen LogP contribution < -0.4 is 5.32 Å². The van der Waals surface area contributed by atoms with Gasteiger partial charge >= 0.3 is 12.1 Å². The lowest BCUT2D eigenvalue weighted by atomic mass is 10.1. The molecular weight excluding hydrogens is 203 g/mol. The van der Waals surface area contributed by atoms with Crippen LogP contribution in [-0.4, -0.2) is 42.0 Å². The maximum absolute atomic E-state index is 12.1. The Morgan fingerprint density at radius 1 is 1.57 bits per heavy atom. The number of aliphatic carboxylic acids is 1. The first-order valence-corrected chi connectivity index (χ1v) is 4.00. The van der Waals surface area contributed by atoms with E-state index in [-0.39, 0.29) is 0 Å².